The molecule has 0 fully saturated rings. The fourth-order valence-electron chi connectivity index (χ4n) is 1.78. The van der Waals surface area contributed by atoms with E-state index in [9.17, 15) is 9.59 Å². The van der Waals surface area contributed by atoms with Crippen LogP contribution in [0.5, 0.6) is 0 Å². The number of carbonyl (C=O) groups excluding carboxylic acids is 2. The number of benzene rings is 1. The van der Waals surface area contributed by atoms with Crippen molar-refractivity contribution in [1.82, 2.24) is 25.5 Å². The minimum absolute atomic E-state index is 0.0710. The summed E-state index contributed by atoms with van der Waals surface area (Å²) in [5, 5.41) is 13.6. The van der Waals surface area contributed by atoms with Crippen molar-refractivity contribution in [2.24, 2.45) is 0 Å². The van der Waals surface area contributed by atoms with E-state index in [1.807, 2.05) is 0 Å². The molecule has 2 aromatic rings. The zero-order chi connectivity index (χ0) is 15.2. The second-order valence-corrected chi connectivity index (χ2v) is 4.21. The molecule has 0 unspecified atom stereocenters. The third-order valence-corrected chi connectivity index (χ3v) is 2.95. The molecule has 1 N–H and O–H groups in total. The number of aromatic amines is 1. The molecule has 1 aromatic carbocycles. The van der Waals surface area contributed by atoms with Crippen LogP contribution in [0, 0.1) is 0 Å². The van der Waals surface area contributed by atoms with Gasteiger partial charge >= 0.3 is 5.97 Å². The normalized spacial score (nSPS) is 10.2. The second kappa shape index (κ2) is 6.60. The van der Waals surface area contributed by atoms with Crippen molar-refractivity contribution in [3.8, 4) is 11.4 Å². The van der Waals surface area contributed by atoms with E-state index in [1.165, 1.54) is 12.0 Å². The Bertz CT molecular complexity index is 609. The average Bonchev–Trinajstić information content (AvgIpc) is 3.06. The van der Waals surface area contributed by atoms with Gasteiger partial charge < -0.3 is 9.64 Å². The third-order valence-electron chi connectivity index (χ3n) is 2.95. The molecule has 21 heavy (non-hydrogen) atoms. The van der Waals surface area contributed by atoms with Crippen molar-refractivity contribution < 1.29 is 14.3 Å². The molecule has 8 nitrogen and oxygen atoms in total. The van der Waals surface area contributed by atoms with Crippen LogP contribution >= 0.6 is 0 Å². The molecule has 0 aliphatic carbocycles. The molecule has 0 saturated carbocycles. The first-order valence-electron chi connectivity index (χ1n) is 6.35. The fourth-order valence-corrected chi connectivity index (χ4v) is 1.78. The van der Waals surface area contributed by atoms with E-state index < -0.39 is 5.97 Å². The van der Waals surface area contributed by atoms with E-state index in [1.54, 1.807) is 31.2 Å². The van der Waals surface area contributed by atoms with Crippen LogP contribution in [0.25, 0.3) is 11.4 Å². The Morgan fingerprint density at radius 3 is 2.52 bits per heavy atom. The van der Waals surface area contributed by atoms with Crippen LogP contribution in [0.4, 0.5) is 0 Å². The summed E-state index contributed by atoms with van der Waals surface area (Å²) in [6, 6.07) is 6.77. The number of tetrazole rings is 1. The molecule has 0 saturated heterocycles. The van der Waals surface area contributed by atoms with Gasteiger partial charge in [0.15, 0.2) is 0 Å². The molecule has 0 radical (unpaired) electrons. The van der Waals surface area contributed by atoms with Crippen LogP contribution in [0.3, 0.4) is 0 Å². The lowest BCUT2D eigenvalue weighted by Gasteiger charge is -2.19. The molecule has 0 bridgehead atoms. The maximum absolute atomic E-state index is 12.3. The van der Waals surface area contributed by atoms with Crippen LogP contribution in [0.2, 0.25) is 0 Å². The van der Waals surface area contributed by atoms with E-state index >= 15 is 0 Å². The van der Waals surface area contributed by atoms with Gasteiger partial charge in [-0.1, -0.05) is 12.1 Å². The summed E-state index contributed by atoms with van der Waals surface area (Å²) in [5.74, 6) is -0.230. The van der Waals surface area contributed by atoms with Gasteiger partial charge in [0.25, 0.3) is 5.91 Å². The Labute approximate surface area is 121 Å². The number of nitrogens with zero attached hydrogens (tertiary/aromatic N) is 4. The molecular formula is C13H15N5O3. The molecule has 1 aromatic heterocycles. The number of ether oxygens (including phenoxy) is 1. The first-order chi connectivity index (χ1) is 10.2. The van der Waals surface area contributed by atoms with Crippen LogP contribution in [-0.4, -0.2) is 57.6 Å². The zero-order valence-corrected chi connectivity index (χ0v) is 11.7. The summed E-state index contributed by atoms with van der Waals surface area (Å²) in [7, 11) is 1.29. The molecular weight excluding hydrogens is 274 g/mol. The Morgan fingerprint density at radius 1 is 1.29 bits per heavy atom. The van der Waals surface area contributed by atoms with E-state index in [2.05, 4.69) is 25.4 Å². The van der Waals surface area contributed by atoms with Gasteiger partial charge in [-0.2, -0.15) is 5.21 Å². The topological polar surface area (TPSA) is 101 Å². The molecule has 0 atom stereocenters. The minimum atomic E-state index is -0.450. The molecule has 0 aliphatic heterocycles. The number of methoxy groups -OCH3 is 1. The number of nitrogens with one attached hydrogen (secondary N) is 1. The number of carbonyl (C=O) groups is 2. The first-order valence-corrected chi connectivity index (χ1v) is 6.35. The smallest absolute Gasteiger partial charge is 0.325 e. The summed E-state index contributed by atoms with van der Waals surface area (Å²) in [6.45, 7) is 2.15. The highest BCUT2D eigenvalue weighted by molar-refractivity contribution is 5.96. The number of amides is 1. The van der Waals surface area contributed by atoms with E-state index in [0.29, 0.717) is 17.9 Å². The lowest BCUT2D eigenvalue weighted by Crippen LogP contribution is -2.36. The number of rotatable bonds is 5. The standard InChI is InChI=1S/C13H15N5O3/c1-3-18(8-11(19)21-2)13(20)10-6-4-9(5-7-10)12-14-16-17-15-12/h4-7H,3,8H2,1-2H3,(H,14,15,16,17). The largest absolute Gasteiger partial charge is 0.468 e. The van der Waals surface area contributed by atoms with Gasteiger partial charge in [-0.05, 0) is 24.3 Å². The highest BCUT2D eigenvalue weighted by Gasteiger charge is 2.17. The van der Waals surface area contributed by atoms with E-state index in [0.717, 1.165) is 5.56 Å². The van der Waals surface area contributed by atoms with Crippen LogP contribution in [-0.2, 0) is 9.53 Å². The highest BCUT2D eigenvalue weighted by Crippen LogP contribution is 2.15. The molecule has 2 rings (SSSR count). The number of aromatic nitrogens is 4. The summed E-state index contributed by atoms with van der Waals surface area (Å²) < 4.78 is 4.58. The predicted octanol–water partition coefficient (Wildman–Crippen LogP) is 0.502. The van der Waals surface area contributed by atoms with Gasteiger partial charge in [0.2, 0.25) is 5.82 Å². The van der Waals surface area contributed by atoms with Gasteiger partial charge in [-0.3, -0.25) is 9.59 Å². The van der Waals surface area contributed by atoms with Crippen LogP contribution < -0.4 is 0 Å². The van der Waals surface area contributed by atoms with Gasteiger partial charge in [-0.15, -0.1) is 10.2 Å². The van der Waals surface area contributed by atoms with E-state index in [4.69, 9.17) is 0 Å². The Balaban J connectivity index is 2.13. The number of H-pyrrole nitrogens is 1. The monoisotopic (exact) mass is 289 g/mol. The van der Waals surface area contributed by atoms with Crippen molar-refractivity contribution in [2.45, 2.75) is 6.92 Å². The van der Waals surface area contributed by atoms with Crippen molar-refractivity contribution in [3.05, 3.63) is 29.8 Å². The Morgan fingerprint density at radius 2 is 2.00 bits per heavy atom. The SMILES string of the molecule is CCN(CC(=O)OC)C(=O)c1ccc(-c2nn[nH]n2)cc1. The molecule has 1 heterocycles. The Kier molecular flexibility index (Phi) is 4.60. The third kappa shape index (κ3) is 3.41. The highest BCUT2D eigenvalue weighted by atomic mass is 16.5. The van der Waals surface area contributed by atoms with Crippen molar-refractivity contribution in [3.63, 3.8) is 0 Å². The summed E-state index contributed by atoms with van der Waals surface area (Å²) >= 11 is 0. The number of likely N-dealkylation sites (N-methyl/N-ethyl adjacent to an activating group) is 1. The summed E-state index contributed by atoms with van der Waals surface area (Å²) in [4.78, 5) is 25.0. The lowest BCUT2D eigenvalue weighted by molar-refractivity contribution is -0.141. The van der Waals surface area contributed by atoms with Crippen molar-refractivity contribution in [2.75, 3.05) is 20.2 Å². The zero-order valence-electron chi connectivity index (χ0n) is 11.7. The quantitative estimate of drug-likeness (QED) is 0.804. The maximum atomic E-state index is 12.3. The molecule has 8 heteroatoms. The average molecular weight is 289 g/mol. The van der Waals surface area contributed by atoms with Crippen molar-refractivity contribution in [1.29, 1.82) is 0 Å². The van der Waals surface area contributed by atoms with Gasteiger partial charge in [0.05, 0.1) is 7.11 Å². The number of esters is 1. The molecule has 110 valence electrons. The summed E-state index contributed by atoms with van der Waals surface area (Å²) in [5.41, 5.74) is 1.23. The molecule has 0 spiro atoms. The van der Waals surface area contributed by atoms with Crippen LogP contribution in [0.15, 0.2) is 24.3 Å². The lowest BCUT2D eigenvalue weighted by atomic mass is 10.1. The predicted molar refractivity (Wildman–Crippen MR) is 73.2 cm³/mol. The number of hydrogen-bond donors (Lipinski definition) is 1. The molecule has 1 amide bonds. The second-order valence-electron chi connectivity index (χ2n) is 4.21. The Hall–Kier alpha value is -2.77. The minimum Gasteiger partial charge on any atom is -0.468 e. The molecule has 0 aliphatic rings. The van der Waals surface area contributed by atoms with Gasteiger partial charge in [0.1, 0.15) is 6.54 Å². The maximum Gasteiger partial charge on any atom is 0.325 e. The van der Waals surface area contributed by atoms with Crippen molar-refractivity contribution >= 4 is 11.9 Å². The van der Waals surface area contributed by atoms with Crippen LogP contribution in [0.1, 0.15) is 17.3 Å². The fraction of sp³-hybridized carbons (Fsp3) is 0.308. The van der Waals surface area contributed by atoms with Gasteiger partial charge in [0, 0.05) is 17.7 Å². The van der Waals surface area contributed by atoms with E-state index in [-0.39, 0.29) is 12.5 Å². The van der Waals surface area contributed by atoms with Gasteiger partial charge in [-0.25, -0.2) is 0 Å². The summed E-state index contributed by atoms with van der Waals surface area (Å²) in [6.07, 6.45) is 0. The first kappa shape index (κ1) is 14.6. The number of hydrogen-bond acceptors (Lipinski definition) is 6.